The zero-order chi connectivity index (χ0) is 38.4. The van der Waals surface area contributed by atoms with Crippen molar-refractivity contribution >= 4 is 59.0 Å². The van der Waals surface area contributed by atoms with Crippen LogP contribution in [0.2, 0.25) is 0 Å². The second-order valence-electron chi connectivity index (χ2n) is 14.3. The summed E-state index contributed by atoms with van der Waals surface area (Å²) in [6, 6.07) is 10.8. The number of urea groups is 1. The molecule has 4 fully saturated rings. The van der Waals surface area contributed by atoms with Crippen molar-refractivity contribution in [3.8, 4) is 0 Å². The lowest BCUT2D eigenvalue weighted by Gasteiger charge is -2.39. The van der Waals surface area contributed by atoms with Gasteiger partial charge in [-0.1, -0.05) is 55.5 Å². The van der Waals surface area contributed by atoms with Gasteiger partial charge in [-0.05, 0) is 56.2 Å². The molecule has 288 valence electrons. The molecule has 7 atom stereocenters. The summed E-state index contributed by atoms with van der Waals surface area (Å²) in [4.78, 5) is 101. The number of hydrogen-bond acceptors (Lipinski definition) is 9. The molecule has 4 heterocycles. The van der Waals surface area contributed by atoms with E-state index in [0.717, 1.165) is 5.56 Å². The summed E-state index contributed by atoms with van der Waals surface area (Å²) in [5.41, 5.74) is 1.25. The lowest BCUT2D eigenvalue weighted by atomic mass is 9.99. The van der Waals surface area contributed by atoms with Crippen LogP contribution in [0.5, 0.6) is 0 Å². The molecule has 6 rings (SSSR count). The Balaban J connectivity index is 1.30. The second-order valence-corrected chi connectivity index (χ2v) is 15.3. The van der Waals surface area contributed by atoms with E-state index in [9.17, 15) is 33.6 Å². The summed E-state index contributed by atoms with van der Waals surface area (Å²) in [6.07, 6.45) is 2.16. The van der Waals surface area contributed by atoms with Crippen molar-refractivity contribution in [3.05, 3.63) is 66.2 Å². The standard InChI is InChI=1S/C38H47N7O8S/c1-23-17-30-37(51)53-20-28(41-32(46)27(18-25-11-5-3-6-12-25)42-38(52)40-26-13-7-4-8-14-26)35(49)45-22-54-21-31(45)36(50)43-16-10-9-15-29(43)33(47)39-24(2)34(48)44(30)19-23/h3-8,11-14,23-24,27-31H,9-10,15-22H2,1-2H3,(H,39,47)(H,41,46)(H2,40,42,52)/t23-,24+,27+,28?,29+,30+,31+/m1/s1. The van der Waals surface area contributed by atoms with Gasteiger partial charge >= 0.3 is 12.0 Å². The summed E-state index contributed by atoms with van der Waals surface area (Å²) in [6.45, 7) is 3.45. The number of nitrogens with one attached hydrogen (secondary N) is 4. The van der Waals surface area contributed by atoms with Gasteiger partial charge in [0.15, 0.2) is 0 Å². The first kappa shape index (κ1) is 38.6. The first-order valence-electron chi connectivity index (χ1n) is 18.4. The highest BCUT2D eigenvalue weighted by Crippen LogP contribution is 2.29. The number of rotatable bonds is 6. The highest BCUT2D eigenvalue weighted by molar-refractivity contribution is 7.99. The summed E-state index contributed by atoms with van der Waals surface area (Å²) >= 11 is 1.36. The van der Waals surface area contributed by atoms with E-state index < -0.39 is 84.4 Å². The van der Waals surface area contributed by atoms with Gasteiger partial charge in [-0.15, -0.1) is 11.8 Å². The molecule has 4 aliphatic rings. The highest BCUT2D eigenvalue weighted by Gasteiger charge is 2.46. The Morgan fingerprint density at radius 2 is 1.59 bits per heavy atom. The minimum absolute atomic E-state index is 0.0469. The number of fused-ring (bicyclic) bond motifs is 3. The molecule has 1 unspecified atom stereocenters. The normalized spacial score (nSPS) is 27.2. The molecule has 4 aliphatic heterocycles. The first-order chi connectivity index (χ1) is 26.0. The Morgan fingerprint density at radius 1 is 0.870 bits per heavy atom. The van der Waals surface area contributed by atoms with Crippen molar-refractivity contribution in [2.75, 3.05) is 36.6 Å². The largest absolute Gasteiger partial charge is 0.461 e. The number of thioether (sulfide) groups is 1. The summed E-state index contributed by atoms with van der Waals surface area (Å²) in [5.74, 6) is -3.12. The zero-order valence-corrected chi connectivity index (χ0v) is 31.2. The molecule has 0 aliphatic carbocycles. The summed E-state index contributed by atoms with van der Waals surface area (Å²) < 4.78 is 5.73. The number of hydrogen-bond donors (Lipinski definition) is 4. The zero-order valence-electron chi connectivity index (χ0n) is 30.4. The SMILES string of the molecule is C[C@@H]1C[C@H]2C(=O)OCC(NC(=O)[C@H](Cc3ccccc3)NC(=O)Nc3ccccc3)C(=O)N3CSC[C@H]3C(=O)N3CCCC[C@H]3C(=O)N[C@@H](C)C(=O)N2C1. The minimum atomic E-state index is -1.44. The Bertz CT molecular complexity index is 1730. The number of esters is 1. The Hall–Kier alpha value is -5.12. The van der Waals surface area contributed by atoms with Gasteiger partial charge < -0.3 is 40.7 Å². The van der Waals surface area contributed by atoms with Crippen molar-refractivity contribution in [1.82, 2.24) is 30.7 Å². The first-order valence-corrected chi connectivity index (χ1v) is 19.6. The van der Waals surface area contributed by atoms with Crippen LogP contribution in [0.15, 0.2) is 60.7 Å². The number of ether oxygens (including phenoxy) is 1. The number of benzene rings is 2. The minimum Gasteiger partial charge on any atom is -0.461 e. The smallest absolute Gasteiger partial charge is 0.328 e. The van der Waals surface area contributed by atoms with Gasteiger partial charge in [-0.25, -0.2) is 9.59 Å². The average molecular weight is 762 g/mol. The molecular formula is C38H47N7O8S. The number of amides is 7. The quantitative estimate of drug-likeness (QED) is 0.317. The monoisotopic (exact) mass is 761 g/mol. The summed E-state index contributed by atoms with van der Waals surface area (Å²) in [7, 11) is 0. The number of anilines is 1. The molecule has 0 aromatic heterocycles. The van der Waals surface area contributed by atoms with Gasteiger partial charge in [-0.2, -0.15) is 0 Å². The Labute approximate surface area is 318 Å². The fourth-order valence-electron chi connectivity index (χ4n) is 7.47. The topological polar surface area (TPSA) is 187 Å². The Morgan fingerprint density at radius 3 is 2.33 bits per heavy atom. The maximum absolute atomic E-state index is 14.4. The molecule has 7 amide bonds. The molecule has 0 bridgehead atoms. The van der Waals surface area contributed by atoms with Gasteiger partial charge in [0.05, 0.1) is 5.88 Å². The third-order valence-corrected chi connectivity index (χ3v) is 11.3. The van der Waals surface area contributed by atoms with E-state index in [2.05, 4.69) is 21.3 Å². The van der Waals surface area contributed by atoms with Crippen molar-refractivity contribution in [2.24, 2.45) is 5.92 Å². The second kappa shape index (κ2) is 17.3. The van der Waals surface area contributed by atoms with Crippen LogP contribution in [-0.4, -0.2) is 124 Å². The molecule has 4 N–H and O–H groups in total. The molecule has 16 heteroatoms. The van der Waals surface area contributed by atoms with Crippen molar-refractivity contribution < 1.29 is 38.3 Å². The predicted octanol–water partition coefficient (Wildman–Crippen LogP) is 1.49. The number of cyclic esters (lactones) is 1. The lowest BCUT2D eigenvalue weighted by Crippen LogP contribution is -2.62. The van der Waals surface area contributed by atoms with Crippen molar-refractivity contribution in [1.29, 1.82) is 0 Å². The van der Waals surface area contributed by atoms with Crippen molar-refractivity contribution in [2.45, 2.75) is 82.2 Å². The van der Waals surface area contributed by atoms with Crippen LogP contribution in [0.3, 0.4) is 0 Å². The van der Waals surface area contributed by atoms with E-state index in [4.69, 9.17) is 4.74 Å². The molecule has 2 aromatic carbocycles. The van der Waals surface area contributed by atoms with Gasteiger partial charge in [0, 0.05) is 31.0 Å². The van der Waals surface area contributed by atoms with E-state index in [1.165, 1.54) is 26.5 Å². The molecule has 4 saturated heterocycles. The van der Waals surface area contributed by atoms with Crippen LogP contribution >= 0.6 is 11.8 Å². The number of carbonyl (C=O) groups is 7. The third-order valence-electron chi connectivity index (χ3n) is 10.3. The average Bonchev–Trinajstić information content (AvgIpc) is 3.83. The van der Waals surface area contributed by atoms with Crippen LogP contribution in [0.1, 0.15) is 45.1 Å². The number of piperidine rings is 1. The lowest BCUT2D eigenvalue weighted by molar-refractivity contribution is -0.158. The molecule has 54 heavy (non-hydrogen) atoms. The molecule has 15 nitrogen and oxygen atoms in total. The maximum Gasteiger partial charge on any atom is 0.328 e. The molecular weight excluding hydrogens is 715 g/mol. The number of nitrogens with zero attached hydrogens (tertiary/aromatic N) is 3. The fourth-order valence-corrected chi connectivity index (χ4v) is 8.63. The molecule has 2 aromatic rings. The van der Waals surface area contributed by atoms with Gasteiger partial charge in [-0.3, -0.25) is 24.0 Å². The maximum atomic E-state index is 14.4. The molecule has 0 spiro atoms. The van der Waals surface area contributed by atoms with E-state index >= 15 is 0 Å². The van der Waals surface area contributed by atoms with Crippen LogP contribution < -0.4 is 21.3 Å². The van der Waals surface area contributed by atoms with Gasteiger partial charge in [0.25, 0.3) is 0 Å². The highest BCUT2D eigenvalue weighted by atomic mass is 32.2. The number of carbonyl (C=O) groups excluding carboxylic acids is 7. The van der Waals surface area contributed by atoms with E-state index in [-0.39, 0.29) is 30.5 Å². The van der Waals surface area contributed by atoms with Crippen LogP contribution in [0, 0.1) is 5.92 Å². The fraction of sp³-hybridized carbons (Fsp3) is 0.500. The van der Waals surface area contributed by atoms with Gasteiger partial charge in [0.2, 0.25) is 29.5 Å². The summed E-state index contributed by atoms with van der Waals surface area (Å²) in [5, 5.41) is 10.9. The number of para-hydroxylation sites is 1. The molecule has 0 saturated carbocycles. The van der Waals surface area contributed by atoms with E-state index in [1.54, 1.807) is 61.5 Å². The van der Waals surface area contributed by atoms with Crippen LogP contribution in [0.4, 0.5) is 10.5 Å². The molecule has 0 radical (unpaired) electrons. The Kier molecular flexibility index (Phi) is 12.4. The van der Waals surface area contributed by atoms with Crippen LogP contribution in [-0.2, 0) is 39.9 Å². The predicted molar refractivity (Wildman–Crippen MR) is 200 cm³/mol. The third kappa shape index (κ3) is 8.97. The van der Waals surface area contributed by atoms with E-state index in [0.29, 0.717) is 37.9 Å². The van der Waals surface area contributed by atoms with E-state index in [1.807, 2.05) is 13.0 Å². The van der Waals surface area contributed by atoms with Crippen molar-refractivity contribution in [3.63, 3.8) is 0 Å². The van der Waals surface area contributed by atoms with Gasteiger partial charge in [0.1, 0.15) is 42.9 Å². The van der Waals surface area contributed by atoms with Crippen LogP contribution in [0.25, 0.3) is 0 Å².